The first kappa shape index (κ1) is 13.4. The van der Waals surface area contributed by atoms with Gasteiger partial charge >= 0.3 is 0 Å². The minimum atomic E-state index is -0.454. The first-order chi connectivity index (χ1) is 9.63. The molecular weight excluding hydrogens is 277 g/mol. The van der Waals surface area contributed by atoms with E-state index in [0.29, 0.717) is 11.7 Å². The van der Waals surface area contributed by atoms with Crippen LogP contribution >= 0.6 is 11.6 Å². The molecule has 0 aliphatic heterocycles. The van der Waals surface area contributed by atoms with Crippen molar-refractivity contribution in [2.75, 3.05) is 0 Å². The molecule has 2 N–H and O–H groups in total. The van der Waals surface area contributed by atoms with Gasteiger partial charge in [-0.05, 0) is 48.2 Å². The lowest BCUT2D eigenvalue weighted by Crippen LogP contribution is -2.12. The van der Waals surface area contributed by atoms with E-state index in [1.165, 1.54) is 12.1 Å². The quantitative estimate of drug-likeness (QED) is 0.921. The molecule has 0 saturated heterocycles. The Labute approximate surface area is 122 Å². The summed E-state index contributed by atoms with van der Waals surface area (Å²) in [6, 6.07) is 11.9. The van der Waals surface area contributed by atoms with Crippen molar-refractivity contribution in [3.63, 3.8) is 0 Å². The average Bonchev–Trinajstić information content (AvgIpc) is 3.25. The Morgan fingerprint density at radius 3 is 2.60 bits per heavy atom. The van der Waals surface area contributed by atoms with Gasteiger partial charge in [0, 0.05) is 0 Å². The maximum Gasteiger partial charge on any atom is 0.142 e. The van der Waals surface area contributed by atoms with Gasteiger partial charge in [0.1, 0.15) is 11.6 Å². The summed E-state index contributed by atoms with van der Waals surface area (Å²) in [5, 5.41) is 0.103. The second-order valence-corrected chi connectivity index (χ2v) is 5.45. The zero-order valence-corrected chi connectivity index (χ0v) is 11.6. The molecule has 0 heterocycles. The van der Waals surface area contributed by atoms with Crippen LogP contribution in [-0.2, 0) is 0 Å². The largest absolute Gasteiger partial charge is 0.490 e. The van der Waals surface area contributed by atoms with Crippen molar-refractivity contribution in [2.24, 2.45) is 5.73 Å². The third-order valence-corrected chi connectivity index (χ3v) is 3.65. The van der Waals surface area contributed by atoms with E-state index in [4.69, 9.17) is 22.1 Å². The van der Waals surface area contributed by atoms with Gasteiger partial charge in [0.05, 0.1) is 17.2 Å². The number of hydrogen-bond donors (Lipinski definition) is 1. The highest BCUT2D eigenvalue weighted by atomic mass is 35.5. The Bertz CT molecular complexity index is 628. The smallest absolute Gasteiger partial charge is 0.142 e. The van der Waals surface area contributed by atoms with Crippen LogP contribution in [0.4, 0.5) is 4.39 Å². The van der Waals surface area contributed by atoms with Gasteiger partial charge in [0.2, 0.25) is 0 Å². The number of benzene rings is 2. The molecule has 1 saturated carbocycles. The third kappa shape index (κ3) is 2.94. The first-order valence-electron chi connectivity index (χ1n) is 6.60. The van der Waals surface area contributed by atoms with Gasteiger partial charge in [0.15, 0.2) is 0 Å². The van der Waals surface area contributed by atoms with E-state index in [1.54, 1.807) is 6.07 Å². The van der Waals surface area contributed by atoms with Gasteiger partial charge in [-0.3, -0.25) is 0 Å². The van der Waals surface area contributed by atoms with E-state index in [2.05, 4.69) is 0 Å². The summed E-state index contributed by atoms with van der Waals surface area (Å²) < 4.78 is 19.2. The molecule has 1 fully saturated rings. The topological polar surface area (TPSA) is 35.2 Å². The summed E-state index contributed by atoms with van der Waals surface area (Å²) in [4.78, 5) is 0. The standard InChI is InChI=1S/C16H15ClFNO/c17-14-7-4-11(9-15(14)18)16(19)10-2-1-3-13(8-10)20-12-5-6-12/h1-4,7-9,12,16H,5-6,19H2. The normalized spacial score (nSPS) is 15.9. The van der Waals surface area contributed by atoms with Crippen molar-refractivity contribution in [1.82, 2.24) is 0 Å². The predicted octanol–water partition coefficient (Wildman–Crippen LogP) is 4.07. The van der Waals surface area contributed by atoms with Gasteiger partial charge < -0.3 is 10.5 Å². The SMILES string of the molecule is NC(c1cccc(OC2CC2)c1)c1ccc(Cl)c(F)c1. The first-order valence-corrected chi connectivity index (χ1v) is 6.98. The zero-order valence-electron chi connectivity index (χ0n) is 10.9. The molecule has 104 valence electrons. The molecule has 0 spiro atoms. The van der Waals surface area contributed by atoms with Crippen LogP contribution in [0.15, 0.2) is 42.5 Å². The minimum absolute atomic E-state index is 0.103. The maximum atomic E-state index is 13.5. The molecule has 2 nitrogen and oxygen atoms in total. The zero-order chi connectivity index (χ0) is 14.1. The van der Waals surface area contributed by atoms with Crippen molar-refractivity contribution in [1.29, 1.82) is 0 Å². The van der Waals surface area contributed by atoms with E-state index < -0.39 is 11.9 Å². The summed E-state index contributed by atoms with van der Waals surface area (Å²) in [7, 11) is 0. The molecular formula is C16H15ClFNO. The Morgan fingerprint density at radius 2 is 1.90 bits per heavy atom. The molecule has 1 unspecified atom stereocenters. The van der Waals surface area contributed by atoms with Crippen molar-refractivity contribution in [3.8, 4) is 5.75 Å². The number of ether oxygens (including phenoxy) is 1. The van der Waals surface area contributed by atoms with Crippen LogP contribution in [0.1, 0.15) is 30.0 Å². The maximum absolute atomic E-state index is 13.5. The molecule has 4 heteroatoms. The third-order valence-electron chi connectivity index (χ3n) is 3.35. The summed E-state index contributed by atoms with van der Waals surface area (Å²) in [6.07, 6.45) is 2.56. The number of rotatable bonds is 4. The van der Waals surface area contributed by atoms with Crippen LogP contribution in [0.5, 0.6) is 5.75 Å². The summed E-state index contributed by atoms with van der Waals surface area (Å²) in [5.74, 6) is 0.361. The Balaban J connectivity index is 1.84. The van der Waals surface area contributed by atoms with E-state index in [1.807, 2.05) is 24.3 Å². The predicted molar refractivity (Wildman–Crippen MR) is 77.5 cm³/mol. The Hall–Kier alpha value is -1.58. The second-order valence-electron chi connectivity index (χ2n) is 5.04. The lowest BCUT2D eigenvalue weighted by molar-refractivity contribution is 0.303. The molecule has 1 aliphatic carbocycles. The van der Waals surface area contributed by atoms with Crippen molar-refractivity contribution in [2.45, 2.75) is 25.0 Å². The fraction of sp³-hybridized carbons (Fsp3) is 0.250. The van der Waals surface area contributed by atoms with Gasteiger partial charge in [0.25, 0.3) is 0 Å². The van der Waals surface area contributed by atoms with Gasteiger partial charge in [-0.25, -0.2) is 4.39 Å². The van der Waals surface area contributed by atoms with E-state index >= 15 is 0 Å². The molecule has 1 aliphatic rings. The Kier molecular flexibility index (Phi) is 3.64. The molecule has 3 rings (SSSR count). The highest BCUT2D eigenvalue weighted by molar-refractivity contribution is 6.30. The molecule has 20 heavy (non-hydrogen) atoms. The van der Waals surface area contributed by atoms with E-state index in [9.17, 15) is 4.39 Å². The summed E-state index contributed by atoms with van der Waals surface area (Å²) in [5.41, 5.74) is 7.77. The number of hydrogen-bond acceptors (Lipinski definition) is 2. The molecule has 2 aromatic carbocycles. The fourth-order valence-electron chi connectivity index (χ4n) is 2.06. The lowest BCUT2D eigenvalue weighted by Gasteiger charge is -2.14. The van der Waals surface area contributed by atoms with Crippen LogP contribution < -0.4 is 10.5 Å². The molecule has 0 bridgehead atoms. The molecule has 0 amide bonds. The molecule has 2 aromatic rings. The van der Waals surface area contributed by atoms with Gasteiger partial charge in [-0.2, -0.15) is 0 Å². The lowest BCUT2D eigenvalue weighted by atomic mass is 9.99. The van der Waals surface area contributed by atoms with E-state index in [0.717, 1.165) is 24.2 Å². The average molecular weight is 292 g/mol. The number of nitrogens with two attached hydrogens (primary N) is 1. The molecule has 0 radical (unpaired) electrons. The van der Waals surface area contributed by atoms with Crippen LogP contribution in [-0.4, -0.2) is 6.10 Å². The summed E-state index contributed by atoms with van der Waals surface area (Å²) >= 11 is 5.68. The van der Waals surface area contributed by atoms with Crippen LogP contribution in [0.3, 0.4) is 0 Å². The van der Waals surface area contributed by atoms with Crippen LogP contribution in [0, 0.1) is 5.82 Å². The van der Waals surface area contributed by atoms with Crippen LogP contribution in [0.25, 0.3) is 0 Å². The summed E-state index contributed by atoms with van der Waals surface area (Å²) in [6.45, 7) is 0. The Morgan fingerprint density at radius 1 is 1.15 bits per heavy atom. The van der Waals surface area contributed by atoms with Crippen molar-refractivity contribution in [3.05, 3.63) is 64.4 Å². The van der Waals surface area contributed by atoms with Crippen molar-refractivity contribution < 1.29 is 9.13 Å². The fourth-order valence-corrected chi connectivity index (χ4v) is 2.18. The van der Waals surface area contributed by atoms with Gasteiger partial charge in [-0.1, -0.05) is 29.8 Å². The second kappa shape index (κ2) is 5.43. The van der Waals surface area contributed by atoms with E-state index in [-0.39, 0.29) is 5.02 Å². The van der Waals surface area contributed by atoms with Gasteiger partial charge in [-0.15, -0.1) is 0 Å². The monoisotopic (exact) mass is 291 g/mol. The molecule has 1 atom stereocenters. The van der Waals surface area contributed by atoms with Crippen molar-refractivity contribution >= 4 is 11.6 Å². The number of halogens is 2. The molecule has 0 aromatic heterocycles. The minimum Gasteiger partial charge on any atom is -0.490 e. The van der Waals surface area contributed by atoms with Crippen LogP contribution in [0.2, 0.25) is 5.02 Å². The highest BCUT2D eigenvalue weighted by Gasteiger charge is 2.23. The highest BCUT2D eigenvalue weighted by Crippen LogP contribution is 2.30.